The molecule has 0 spiro atoms. The second kappa shape index (κ2) is 7.45. The normalized spacial score (nSPS) is 10.0. The largest absolute Gasteiger partial charge is 0.465 e. The number of methoxy groups -OCH3 is 1. The quantitative estimate of drug-likeness (QED) is 0.862. The Morgan fingerprint density at radius 2 is 1.52 bits per heavy atom. The number of ether oxygens (including phenoxy) is 1. The van der Waals surface area contributed by atoms with Crippen LogP contribution in [0.25, 0.3) is 0 Å². The Hall–Kier alpha value is -2.82. The molecule has 1 amide bonds. The molecule has 2 aromatic rings. The lowest BCUT2D eigenvalue weighted by molar-refractivity contribution is 0.0600. The molecular formula is C18H20N2O3. The molecule has 0 aliphatic rings. The van der Waals surface area contributed by atoms with Crippen LogP contribution in [0.15, 0.2) is 48.5 Å². The van der Waals surface area contributed by atoms with Crippen LogP contribution < -0.4 is 10.2 Å². The summed E-state index contributed by atoms with van der Waals surface area (Å²) in [5, 5.41) is 2.86. The van der Waals surface area contributed by atoms with Gasteiger partial charge in [-0.25, -0.2) is 4.79 Å². The Bertz CT molecular complexity index is 676. The summed E-state index contributed by atoms with van der Waals surface area (Å²) in [5.41, 5.74) is 3.06. The Labute approximate surface area is 135 Å². The van der Waals surface area contributed by atoms with Gasteiger partial charge in [0.1, 0.15) is 0 Å². The Morgan fingerprint density at radius 3 is 2.04 bits per heavy atom. The summed E-state index contributed by atoms with van der Waals surface area (Å²) in [6, 6.07) is 14.3. The maximum absolute atomic E-state index is 12.1. The number of rotatable bonds is 5. The van der Waals surface area contributed by atoms with Crippen LogP contribution in [0.3, 0.4) is 0 Å². The van der Waals surface area contributed by atoms with E-state index >= 15 is 0 Å². The smallest absolute Gasteiger partial charge is 0.337 e. The van der Waals surface area contributed by atoms with Crippen molar-refractivity contribution in [3.63, 3.8) is 0 Å². The van der Waals surface area contributed by atoms with Gasteiger partial charge in [-0.05, 0) is 42.0 Å². The van der Waals surface area contributed by atoms with E-state index in [0.29, 0.717) is 17.7 Å². The van der Waals surface area contributed by atoms with E-state index in [0.717, 1.165) is 11.3 Å². The number of carbonyl (C=O) groups is 2. The van der Waals surface area contributed by atoms with Crippen LogP contribution in [-0.2, 0) is 11.3 Å². The van der Waals surface area contributed by atoms with Crippen LogP contribution in [0.5, 0.6) is 0 Å². The molecule has 0 atom stereocenters. The van der Waals surface area contributed by atoms with Crippen LogP contribution >= 0.6 is 0 Å². The Morgan fingerprint density at radius 1 is 0.957 bits per heavy atom. The van der Waals surface area contributed by atoms with Crippen molar-refractivity contribution in [2.75, 3.05) is 26.1 Å². The number of carbonyl (C=O) groups excluding carboxylic acids is 2. The first-order valence-electron chi connectivity index (χ1n) is 7.24. The molecule has 23 heavy (non-hydrogen) atoms. The van der Waals surface area contributed by atoms with E-state index in [4.69, 9.17) is 0 Å². The van der Waals surface area contributed by atoms with Gasteiger partial charge in [-0.1, -0.05) is 12.1 Å². The van der Waals surface area contributed by atoms with E-state index < -0.39 is 5.97 Å². The average molecular weight is 312 g/mol. The topological polar surface area (TPSA) is 58.6 Å². The fourth-order valence-corrected chi connectivity index (χ4v) is 2.07. The summed E-state index contributed by atoms with van der Waals surface area (Å²) in [6.07, 6.45) is 0. The van der Waals surface area contributed by atoms with E-state index in [-0.39, 0.29) is 5.91 Å². The Balaban J connectivity index is 1.95. The molecule has 0 aliphatic carbocycles. The third-order valence-electron chi connectivity index (χ3n) is 3.47. The highest BCUT2D eigenvalue weighted by Gasteiger charge is 2.08. The van der Waals surface area contributed by atoms with Crippen molar-refractivity contribution in [2.24, 2.45) is 0 Å². The second-order valence-electron chi connectivity index (χ2n) is 5.31. The van der Waals surface area contributed by atoms with Crippen molar-refractivity contribution in [1.29, 1.82) is 0 Å². The van der Waals surface area contributed by atoms with Crippen molar-refractivity contribution in [2.45, 2.75) is 6.54 Å². The summed E-state index contributed by atoms with van der Waals surface area (Å²) < 4.78 is 4.63. The van der Waals surface area contributed by atoms with Gasteiger partial charge in [0.25, 0.3) is 5.91 Å². The molecule has 0 unspecified atom stereocenters. The van der Waals surface area contributed by atoms with Crippen molar-refractivity contribution >= 4 is 17.6 Å². The SMILES string of the molecule is COC(=O)c1ccc(C(=O)NCc2ccc(N(C)C)cc2)cc1. The van der Waals surface area contributed by atoms with Crippen LogP contribution in [0.4, 0.5) is 5.69 Å². The standard InChI is InChI=1S/C18H20N2O3/c1-20(2)16-10-4-13(5-11-16)12-19-17(21)14-6-8-15(9-7-14)18(22)23-3/h4-11H,12H2,1-3H3,(H,19,21). The molecule has 120 valence electrons. The van der Waals surface area contributed by atoms with Crippen molar-refractivity contribution < 1.29 is 14.3 Å². The van der Waals surface area contributed by atoms with E-state index in [9.17, 15) is 9.59 Å². The van der Waals surface area contributed by atoms with Crippen LogP contribution in [0, 0.1) is 0 Å². The number of esters is 1. The van der Waals surface area contributed by atoms with Crippen LogP contribution in [0.2, 0.25) is 0 Å². The first-order chi connectivity index (χ1) is 11.0. The zero-order chi connectivity index (χ0) is 16.8. The van der Waals surface area contributed by atoms with Gasteiger partial charge in [0.2, 0.25) is 0 Å². The molecule has 0 saturated carbocycles. The number of nitrogens with zero attached hydrogens (tertiary/aromatic N) is 1. The highest BCUT2D eigenvalue weighted by Crippen LogP contribution is 2.12. The van der Waals surface area contributed by atoms with Gasteiger partial charge in [0.15, 0.2) is 0 Å². The third-order valence-corrected chi connectivity index (χ3v) is 3.47. The highest BCUT2D eigenvalue weighted by molar-refractivity contribution is 5.96. The number of amides is 1. The monoisotopic (exact) mass is 312 g/mol. The molecule has 0 saturated heterocycles. The van der Waals surface area contributed by atoms with E-state index in [2.05, 4.69) is 10.1 Å². The number of benzene rings is 2. The van der Waals surface area contributed by atoms with E-state index in [1.807, 2.05) is 43.3 Å². The first-order valence-corrected chi connectivity index (χ1v) is 7.24. The van der Waals surface area contributed by atoms with Crippen molar-refractivity contribution in [1.82, 2.24) is 5.32 Å². The number of nitrogens with one attached hydrogen (secondary N) is 1. The molecular weight excluding hydrogens is 292 g/mol. The predicted octanol–water partition coefficient (Wildman–Crippen LogP) is 2.47. The first kappa shape index (κ1) is 16.5. The number of hydrogen-bond donors (Lipinski definition) is 1. The molecule has 0 aromatic heterocycles. The van der Waals surface area contributed by atoms with Gasteiger partial charge in [-0.3, -0.25) is 4.79 Å². The third kappa shape index (κ3) is 4.32. The summed E-state index contributed by atoms with van der Waals surface area (Å²) in [6.45, 7) is 0.450. The van der Waals surface area contributed by atoms with Crippen LogP contribution in [-0.4, -0.2) is 33.1 Å². The molecule has 0 radical (unpaired) electrons. The Kier molecular flexibility index (Phi) is 5.36. The summed E-state index contributed by atoms with van der Waals surface area (Å²) in [4.78, 5) is 25.5. The zero-order valence-corrected chi connectivity index (χ0v) is 13.5. The minimum absolute atomic E-state index is 0.182. The molecule has 0 aliphatic heterocycles. The van der Waals surface area contributed by atoms with Gasteiger partial charge < -0.3 is 15.0 Å². The van der Waals surface area contributed by atoms with Crippen molar-refractivity contribution in [3.05, 3.63) is 65.2 Å². The molecule has 2 rings (SSSR count). The van der Waals surface area contributed by atoms with Gasteiger partial charge in [0, 0.05) is 31.9 Å². The summed E-state index contributed by atoms with van der Waals surface area (Å²) in [5.74, 6) is -0.601. The zero-order valence-electron chi connectivity index (χ0n) is 13.5. The van der Waals surface area contributed by atoms with Gasteiger partial charge in [-0.2, -0.15) is 0 Å². The maximum atomic E-state index is 12.1. The lowest BCUT2D eigenvalue weighted by Gasteiger charge is -2.13. The van der Waals surface area contributed by atoms with Gasteiger partial charge in [0.05, 0.1) is 12.7 Å². The predicted molar refractivity (Wildman–Crippen MR) is 89.7 cm³/mol. The number of hydrogen-bond acceptors (Lipinski definition) is 4. The molecule has 2 aromatic carbocycles. The lowest BCUT2D eigenvalue weighted by Crippen LogP contribution is -2.22. The average Bonchev–Trinajstić information content (AvgIpc) is 2.59. The second-order valence-corrected chi connectivity index (χ2v) is 5.31. The minimum atomic E-state index is -0.419. The van der Waals surface area contributed by atoms with E-state index in [1.54, 1.807) is 24.3 Å². The maximum Gasteiger partial charge on any atom is 0.337 e. The van der Waals surface area contributed by atoms with E-state index in [1.165, 1.54) is 7.11 Å². The molecule has 5 nitrogen and oxygen atoms in total. The fourth-order valence-electron chi connectivity index (χ4n) is 2.07. The summed E-state index contributed by atoms with van der Waals surface area (Å²) >= 11 is 0. The van der Waals surface area contributed by atoms with Gasteiger partial charge in [-0.15, -0.1) is 0 Å². The summed E-state index contributed by atoms with van der Waals surface area (Å²) in [7, 11) is 5.29. The van der Waals surface area contributed by atoms with Gasteiger partial charge >= 0.3 is 5.97 Å². The van der Waals surface area contributed by atoms with Crippen molar-refractivity contribution in [3.8, 4) is 0 Å². The fraction of sp³-hybridized carbons (Fsp3) is 0.222. The minimum Gasteiger partial charge on any atom is -0.465 e. The van der Waals surface area contributed by atoms with Crippen LogP contribution in [0.1, 0.15) is 26.3 Å². The molecule has 5 heteroatoms. The molecule has 0 heterocycles. The lowest BCUT2D eigenvalue weighted by atomic mass is 10.1. The number of anilines is 1. The molecule has 0 bridgehead atoms. The molecule has 1 N–H and O–H groups in total. The molecule has 0 fully saturated rings. The highest BCUT2D eigenvalue weighted by atomic mass is 16.5.